The van der Waals surface area contributed by atoms with Gasteiger partial charge in [-0.15, -0.1) is 12.4 Å². The lowest BCUT2D eigenvalue weighted by molar-refractivity contribution is 0.437. The van der Waals surface area contributed by atoms with E-state index in [-0.39, 0.29) is 17.4 Å². The molecule has 0 saturated carbocycles. The average Bonchev–Trinajstić information content (AvgIpc) is 2.08. The molecule has 0 aliphatic rings. The molecule has 0 aliphatic carbocycles. The molecule has 0 amide bonds. The van der Waals surface area contributed by atoms with Crippen LogP contribution in [-0.2, 0) is 0 Å². The maximum absolute atomic E-state index is 12.6. The first-order chi connectivity index (χ1) is 5.65. The van der Waals surface area contributed by atoms with Crippen molar-refractivity contribution in [1.29, 1.82) is 0 Å². The van der Waals surface area contributed by atoms with Gasteiger partial charge < -0.3 is 5.73 Å². The Balaban J connectivity index is 0.00000144. The van der Waals surface area contributed by atoms with Gasteiger partial charge in [-0.3, -0.25) is 0 Å². The maximum atomic E-state index is 12.6. The van der Waals surface area contributed by atoms with E-state index in [1.54, 1.807) is 0 Å². The van der Waals surface area contributed by atoms with E-state index in [0.717, 1.165) is 0 Å². The molecule has 2 N–H and O–H groups in total. The Hall–Kier alpha value is -0.380. The van der Waals surface area contributed by atoms with Crippen molar-refractivity contribution in [1.82, 2.24) is 0 Å². The van der Waals surface area contributed by atoms with E-state index in [4.69, 9.17) is 17.3 Å². The quantitative estimate of drug-likeness (QED) is 0.827. The minimum absolute atomic E-state index is 0. The van der Waals surface area contributed by atoms with E-state index in [9.17, 15) is 8.78 Å². The summed E-state index contributed by atoms with van der Waals surface area (Å²) >= 11 is 5.46. The SMILES string of the molecule is Cl.N[C@@H](CF)c1ccc(F)c(Cl)c1. The van der Waals surface area contributed by atoms with Gasteiger partial charge in [-0.05, 0) is 17.7 Å². The number of hydrogen-bond acceptors (Lipinski definition) is 1. The van der Waals surface area contributed by atoms with Gasteiger partial charge in [0.25, 0.3) is 0 Å². The Kier molecular flexibility index (Phi) is 5.21. The van der Waals surface area contributed by atoms with Crippen LogP contribution in [0.25, 0.3) is 0 Å². The minimum atomic E-state index is -0.719. The van der Waals surface area contributed by atoms with E-state index < -0.39 is 18.5 Å². The molecule has 13 heavy (non-hydrogen) atoms. The molecular formula is C8H9Cl2F2N. The van der Waals surface area contributed by atoms with Crippen LogP contribution in [0.1, 0.15) is 11.6 Å². The topological polar surface area (TPSA) is 26.0 Å². The van der Waals surface area contributed by atoms with Crippen molar-refractivity contribution >= 4 is 24.0 Å². The Morgan fingerprint density at radius 3 is 2.54 bits per heavy atom. The van der Waals surface area contributed by atoms with E-state index in [2.05, 4.69) is 0 Å². The van der Waals surface area contributed by atoms with Crippen LogP contribution in [-0.4, -0.2) is 6.67 Å². The first kappa shape index (κ1) is 12.6. The molecule has 5 heteroatoms. The second kappa shape index (κ2) is 5.37. The molecule has 0 aliphatic heterocycles. The van der Waals surface area contributed by atoms with Crippen LogP contribution in [0.4, 0.5) is 8.78 Å². The van der Waals surface area contributed by atoms with E-state index in [1.165, 1.54) is 18.2 Å². The van der Waals surface area contributed by atoms with Gasteiger partial charge in [0.15, 0.2) is 0 Å². The summed E-state index contributed by atoms with van der Waals surface area (Å²) in [6.45, 7) is -0.679. The van der Waals surface area contributed by atoms with E-state index in [1.807, 2.05) is 0 Å². The van der Waals surface area contributed by atoms with Crippen LogP contribution >= 0.6 is 24.0 Å². The maximum Gasteiger partial charge on any atom is 0.141 e. The van der Waals surface area contributed by atoms with Crippen molar-refractivity contribution in [2.75, 3.05) is 6.67 Å². The number of nitrogens with two attached hydrogens (primary N) is 1. The van der Waals surface area contributed by atoms with Crippen molar-refractivity contribution in [2.45, 2.75) is 6.04 Å². The van der Waals surface area contributed by atoms with Crippen molar-refractivity contribution in [2.24, 2.45) is 5.73 Å². The fourth-order valence-electron chi connectivity index (χ4n) is 0.832. The van der Waals surface area contributed by atoms with Gasteiger partial charge in [-0.25, -0.2) is 8.78 Å². The summed E-state index contributed by atoms with van der Waals surface area (Å²) in [7, 11) is 0. The number of benzene rings is 1. The fraction of sp³-hybridized carbons (Fsp3) is 0.250. The Bertz CT molecular complexity index is 281. The van der Waals surface area contributed by atoms with Crippen LogP contribution in [0.5, 0.6) is 0 Å². The highest BCUT2D eigenvalue weighted by atomic mass is 35.5. The lowest BCUT2D eigenvalue weighted by atomic mass is 10.1. The minimum Gasteiger partial charge on any atom is -0.322 e. The summed E-state index contributed by atoms with van der Waals surface area (Å²) in [4.78, 5) is 0. The van der Waals surface area contributed by atoms with Gasteiger partial charge in [0.1, 0.15) is 12.5 Å². The molecule has 1 aromatic rings. The summed E-state index contributed by atoms with van der Waals surface area (Å²) < 4.78 is 24.6. The highest BCUT2D eigenvalue weighted by Gasteiger charge is 2.07. The molecule has 0 heterocycles. The van der Waals surface area contributed by atoms with Gasteiger partial charge in [0.05, 0.1) is 11.1 Å². The third-order valence-electron chi connectivity index (χ3n) is 1.54. The zero-order valence-corrected chi connectivity index (χ0v) is 8.21. The average molecular weight is 228 g/mol. The zero-order valence-electron chi connectivity index (χ0n) is 6.64. The highest BCUT2D eigenvalue weighted by Crippen LogP contribution is 2.19. The molecule has 0 aromatic heterocycles. The Morgan fingerprint density at radius 1 is 1.46 bits per heavy atom. The molecule has 0 radical (unpaired) electrons. The highest BCUT2D eigenvalue weighted by molar-refractivity contribution is 6.30. The normalized spacial score (nSPS) is 12.0. The van der Waals surface area contributed by atoms with Crippen molar-refractivity contribution in [3.05, 3.63) is 34.6 Å². The summed E-state index contributed by atoms with van der Waals surface area (Å²) in [5.74, 6) is -0.522. The zero-order chi connectivity index (χ0) is 9.14. The molecule has 1 rings (SSSR count). The van der Waals surface area contributed by atoms with Crippen LogP contribution in [0, 0.1) is 5.82 Å². The first-order valence-corrected chi connectivity index (χ1v) is 3.79. The third kappa shape index (κ3) is 3.10. The monoisotopic (exact) mass is 227 g/mol. The predicted octanol–water partition coefficient (Wildman–Crippen LogP) is 2.87. The van der Waals surface area contributed by atoms with Crippen LogP contribution in [0.3, 0.4) is 0 Å². The number of alkyl halides is 1. The lowest BCUT2D eigenvalue weighted by Crippen LogP contribution is -2.11. The molecule has 1 aromatic carbocycles. The fourth-order valence-corrected chi connectivity index (χ4v) is 1.02. The molecule has 1 nitrogen and oxygen atoms in total. The first-order valence-electron chi connectivity index (χ1n) is 3.41. The van der Waals surface area contributed by atoms with Crippen molar-refractivity contribution in [3.63, 3.8) is 0 Å². The molecule has 1 atom stereocenters. The number of halogens is 4. The van der Waals surface area contributed by atoms with Crippen LogP contribution in [0.15, 0.2) is 18.2 Å². The summed E-state index contributed by atoms with van der Waals surface area (Å²) in [6.07, 6.45) is 0. The largest absolute Gasteiger partial charge is 0.322 e. The second-order valence-electron chi connectivity index (χ2n) is 2.43. The van der Waals surface area contributed by atoms with Gasteiger partial charge in [-0.2, -0.15) is 0 Å². The molecule has 0 spiro atoms. The van der Waals surface area contributed by atoms with Crippen molar-refractivity contribution < 1.29 is 8.78 Å². The van der Waals surface area contributed by atoms with Gasteiger partial charge in [0.2, 0.25) is 0 Å². The Labute approximate surface area is 86.3 Å². The summed E-state index contributed by atoms with van der Waals surface area (Å²) in [5, 5.41) is -0.0311. The molecular weight excluding hydrogens is 219 g/mol. The molecule has 0 fully saturated rings. The van der Waals surface area contributed by atoms with Gasteiger partial charge in [-0.1, -0.05) is 17.7 Å². The standard InChI is InChI=1S/C8H8ClF2N.ClH/c9-6-3-5(8(12)4-10)1-2-7(6)11;/h1-3,8H,4,12H2;1H/t8-;/m0./s1. The lowest BCUT2D eigenvalue weighted by Gasteiger charge is -2.07. The third-order valence-corrected chi connectivity index (χ3v) is 1.83. The molecule has 74 valence electrons. The summed E-state index contributed by atoms with van der Waals surface area (Å²) in [6, 6.07) is 3.21. The van der Waals surface area contributed by atoms with Crippen LogP contribution < -0.4 is 5.73 Å². The van der Waals surface area contributed by atoms with Gasteiger partial charge >= 0.3 is 0 Å². The summed E-state index contributed by atoms with van der Waals surface area (Å²) in [5.41, 5.74) is 5.86. The molecule has 0 bridgehead atoms. The second-order valence-corrected chi connectivity index (χ2v) is 2.84. The smallest absolute Gasteiger partial charge is 0.141 e. The van der Waals surface area contributed by atoms with Crippen molar-refractivity contribution in [3.8, 4) is 0 Å². The molecule has 0 unspecified atom stereocenters. The Morgan fingerprint density at radius 2 is 2.08 bits per heavy atom. The predicted molar refractivity (Wildman–Crippen MR) is 51.6 cm³/mol. The number of hydrogen-bond donors (Lipinski definition) is 1. The van der Waals surface area contributed by atoms with E-state index in [0.29, 0.717) is 5.56 Å². The van der Waals surface area contributed by atoms with Gasteiger partial charge in [0, 0.05) is 0 Å². The molecule has 0 saturated heterocycles. The van der Waals surface area contributed by atoms with E-state index >= 15 is 0 Å². The van der Waals surface area contributed by atoms with Crippen LogP contribution in [0.2, 0.25) is 5.02 Å². The number of rotatable bonds is 2.